The van der Waals surface area contributed by atoms with E-state index >= 15 is 0 Å². The van der Waals surface area contributed by atoms with Gasteiger partial charge in [-0.2, -0.15) is 5.10 Å². The van der Waals surface area contributed by atoms with Gasteiger partial charge in [-0.05, 0) is 30.3 Å². The second-order valence-corrected chi connectivity index (χ2v) is 7.65. The Morgan fingerprint density at radius 2 is 2.00 bits per heavy atom. The van der Waals surface area contributed by atoms with Crippen LogP contribution in [0.4, 0.5) is 11.4 Å². The summed E-state index contributed by atoms with van der Waals surface area (Å²) in [6, 6.07) is 9.27. The summed E-state index contributed by atoms with van der Waals surface area (Å²) in [5.74, 6) is 0.159. The number of aromatic amines is 1. The molecular weight excluding hydrogens is 419 g/mol. The molecule has 0 saturated carbocycles. The van der Waals surface area contributed by atoms with Crippen LogP contribution in [0.25, 0.3) is 22.3 Å². The molecule has 1 aliphatic rings. The third-order valence-electron chi connectivity index (χ3n) is 5.54. The van der Waals surface area contributed by atoms with Crippen LogP contribution in [-0.2, 0) is 4.65 Å². The first-order valence-electron chi connectivity index (χ1n) is 10.6. The van der Waals surface area contributed by atoms with Gasteiger partial charge in [0.05, 0.1) is 29.3 Å². The van der Waals surface area contributed by atoms with Gasteiger partial charge in [0.1, 0.15) is 5.69 Å². The maximum absolute atomic E-state index is 13.0. The fourth-order valence-corrected chi connectivity index (χ4v) is 3.87. The Labute approximate surface area is 191 Å². The summed E-state index contributed by atoms with van der Waals surface area (Å²) in [5.41, 5.74) is 3.59. The summed E-state index contributed by atoms with van der Waals surface area (Å²) >= 11 is 0. The lowest BCUT2D eigenvalue weighted by Crippen LogP contribution is -2.48. The van der Waals surface area contributed by atoms with Crippen molar-refractivity contribution >= 4 is 35.8 Å². The van der Waals surface area contributed by atoms with Crippen LogP contribution in [0.1, 0.15) is 10.5 Å². The summed E-state index contributed by atoms with van der Waals surface area (Å²) < 4.78 is 5.10. The van der Waals surface area contributed by atoms with Gasteiger partial charge < -0.3 is 19.7 Å². The Morgan fingerprint density at radius 1 is 1.12 bits per heavy atom. The molecule has 1 saturated heterocycles. The molecule has 0 bridgehead atoms. The molecule has 3 aromatic heterocycles. The van der Waals surface area contributed by atoms with Crippen molar-refractivity contribution in [2.24, 2.45) is 0 Å². The Bertz CT molecular complexity index is 1270. The number of amides is 1. The molecule has 4 aromatic rings. The lowest BCUT2D eigenvalue weighted by molar-refractivity contribution is 0.102. The first-order valence-corrected chi connectivity index (χ1v) is 10.6. The average Bonchev–Trinajstić information content (AvgIpc) is 3.33. The smallest absolute Gasteiger partial charge is 0.398 e. The van der Waals surface area contributed by atoms with Crippen LogP contribution in [0.15, 0.2) is 55.1 Å². The number of rotatable bonds is 6. The second kappa shape index (κ2) is 9.35. The maximum Gasteiger partial charge on any atom is 0.398 e. The number of aromatic nitrogens is 5. The topological polar surface area (TPSA) is 112 Å². The molecule has 10 nitrogen and oxygen atoms in total. The molecule has 1 amide bonds. The maximum atomic E-state index is 13.0. The zero-order valence-corrected chi connectivity index (χ0v) is 18.1. The number of carbonyl (C=O) groups excluding carboxylic acids is 1. The third-order valence-corrected chi connectivity index (χ3v) is 5.54. The van der Waals surface area contributed by atoms with Crippen molar-refractivity contribution in [3.05, 3.63) is 60.8 Å². The van der Waals surface area contributed by atoms with E-state index in [1.807, 2.05) is 24.3 Å². The van der Waals surface area contributed by atoms with E-state index in [9.17, 15) is 4.79 Å². The predicted octanol–water partition coefficient (Wildman–Crippen LogP) is 1.97. The van der Waals surface area contributed by atoms with Crippen molar-refractivity contribution in [3.8, 4) is 11.4 Å². The summed E-state index contributed by atoms with van der Waals surface area (Å²) in [6.07, 6.45) is 6.72. The number of H-pyrrole nitrogens is 1. The molecule has 165 valence electrons. The van der Waals surface area contributed by atoms with E-state index in [2.05, 4.69) is 40.2 Å². The van der Waals surface area contributed by atoms with Gasteiger partial charge in [0.25, 0.3) is 5.91 Å². The van der Waals surface area contributed by atoms with Crippen LogP contribution in [-0.4, -0.2) is 76.8 Å². The molecule has 33 heavy (non-hydrogen) atoms. The van der Waals surface area contributed by atoms with Crippen LogP contribution < -0.4 is 10.2 Å². The number of hydrogen-bond donors (Lipinski definition) is 2. The molecule has 1 fully saturated rings. The molecule has 2 N–H and O–H groups in total. The van der Waals surface area contributed by atoms with E-state index in [4.69, 9.17) is 4.65 Å². The van der Waals surface area contributed by atoms with Crippen molar-refractivity contribution in [1.82, 2.24) is 30.0 Å². The Kier molecular flexibility index (Phi) is 5.96. The Balaban J connectivity index is 1.34. The van der Waals surface area contributed by atoms with Crippen LogP contribution in [0.3, 0.4) is 0 Å². The molecule has 4 heterocycles. The fraction of sp³-hybridized carbons (Fsp3) is 0.227. The number of hydrogen-bond acceptors (Lipinski definition) is 8. The van der Waals surface area contributed by atoms with Crippen molar-refractivity contribution < 1.29 is 9.45 Å². The van der Waals surface area contributed by atoms with Gasteiger partial charge in [0.15, 0.2) is 5.82 Å². The summed E-state index contributed by atoms with van der Waals surface area (Å²) in [7, 11) is 3.39. The highest BCUT2D eigenvalue weighted by Gasteiger charge is 2.21. The number of nitrogens with zero attached hydrogens (tertiary/aromatic N) is 6. The van der Waals surface area contributed by atoms with E-state index in [0.717, 1.165) is 48.3 Å². The highest BCUT2D eigenvalue weighted by molar-refractivity contribution is 6.23. The second-order valence-electron chi connectivity index (χ2n) is 7.65. The number of benzene rings is 1. The largest absolute Gasteiger partial charge is 0.427 e. The molecule has 1 aliphatic heterocycles. The van der Waals surface area contributed by atoms with E-state index in [0.29, 0.717) is 11.5 Å². The first kappa shape index (κ1) is 21.0. The highest BCUT2D eigenvalue weighted by Crippen LogP contribution is 2.26. The number of pyridine rings is 1. The van der Waals surface area contributed by atoms with Crippen molar-refractivity contribution in [1.29, 1.82) is 0 Å². The monoisotopic (exact) mass is 441 g/mol. The van der Waals surface area contributed by atoms with E-state index < -0.39 is 0 Å². The first-order chi connectivity index (χ1) is 16.2. The van der Waals surface area contributed by atoms with Gasteiger partial charge >= 0.3 is 7.62 Å². The van der Waals surface area contributed by atoms with Crippen LogP contribution >= 0.6 is 0 Å². The standard InChI is InChI=1S/C22H22BN8O2/c1-33-23-31-10-8-30(9-11-31)20-5-6-24-14-19(20)28-22(32)18-4-7-25-21(27-18)15-2-3-17-16(12-15)13-26-29-17/h2-7,12-14H,8-11H2,1H3,(H,26,29)(H,28,32). The zero-order valence-electron chi connectivity index (χ0n) is 18.1. The zero-order chi connectivity index (χ0) is 22.6. The van der Waals surface area contributed by atoms with Crippen molar-refractivity contribution in [2.45, 2.75) is 0 Å². The minimum absolute atomic E-state index is 0.279. The third kappa shape index (κ3) is 4.54. The van der Waals surface area contributed by atoms with Crippen LogP contribution in [0.2, 0.25) is 0 Å². The highest BCUT2D eigenvalue weighted by atomic mass is 16.4. The number of nitrogens with one attached hydrogen (secondary N) is 2. The lowest BCUT2D eigenvalue weighted by atomic mass is 10.1. The molecular formula is C22H22BN8O2. The number of anilines is 2. The Hall–Kier alpha value is -3.83. The number of piperazine rings is 1. The van der Waals surface area contributed by atoms with Crippen LogP contribution in [0.5, 0.6) is 0 Å². The van der Waals surface area contributed by atoms with E-state index in [-0.39, 0.29) is 11.6 Å². The average molecular weight is 441 g/mol. The lowest BCUT2D eigenvalue weighted by Gasteiger charge is -2.36. The molecule has 0 atom stereocenters. The molecule has 1 radical (unpaired) electrons. The van der Waals surface area contributed by atoms with Crippen molar-refractivity contribution in [3.63, 3.8) is 0 Å². The number of carbonyl (C=O) groups is 1. The van der Waals surface area contributed by atoms with E-state index in [1.54, 1.807) is 45.6 Å². The van der Waals surface area contributed by atoms with Gasteiger partial charge in [-0.1, -0.05) is 0 Å². The molecule has 0 aliphatic carbocycles. The summed E-state index contributed by atoms with van der Waals surface area (Å²) in [4.78, 5) is 30.4. The van der Waals surface area contributed by atoms with Gasteiger partial charge in [-0.25, -0.2) is 9.97 Å². The Morgan fingerprint density at radius 3 is 2.85 bits per heavy atom. The summed E-state index contributed by atoms with van der Waals surface area (Å²) in [5, 5.41) is 10.9. The fourth-order valence-electron chi connectivity index (χ4n) is 3.87. The van der Waals surface area contributed by atoms with Gasteiger partial charge in [-0.15, -0.1) is 0 Å². The summed E-state index contributed by atoms with van der Waals surface area (Å²) in [6.45, 7) is 3.28. The molecule has 11 heteroatoms. The quantitative estimate of drug-likeness (QED) is 0.437. The molecule has 1 aromatic carbocycles. The number of fused-ring (bicyclic) bond motifs is 1. The molecule has 0 spiro atoms. The van der Waals surface area contributed by atoms with Gasteiger partial charge in [0, 0.05) is 56.6 Å². The van der Waals surface area contributed by atoms with Crippen LogP contribution in [0, 0.1) is 0 Å². The predicted molar refractivity (Wildman–Crippen MR) is 126 cm³/mol. The normalized spacial score (nSPS) is 14.4. The molecule has 0 unspecified atom stereocenters. The van der Waals surface area contributed by atoms with Gasteiger partial charge in [-0.3, -0.25) is 14.9 Å². The minimum Gasteiger partial charge on any atom is -0.427 e. The molecule has 5 rings (SSSR count). The van der Waals surface area contributed by atoms with E-state index in [1.165, 1.54) is 0 Å². The van der Waals surface area contributed by atoms with Gasteiger partial charge in [0.2, 0.25) is 0 Å². The minimum atomic E-state index is -0.316. The van der Waals surface area contributed by atoms with Crippen molar-refractivity contribution in [2.75, 3.05) is 43.5 Å². The SMILES string of the molecule is CO[B]N1CCN(c2ccncc2NC(=O)c2ccnc(-c3ccc4[nH]ncc4c3)n2)CC1.